The lowest BCUT2D eigenvalue weighted by Gasteiger charge is -2.13. The molecule has 1 aromatic rings. The fraction of sp³-hybridized carbons (Fsp3) is 0.667. The molecule has 2 rings (SSSR count). The minimum absolute atomic E-state index is 0.131. The maximum atomic E-state index is 12.5. The molecule has 1 fully saturated rings. The molecule has 19 heavy (non-hydrogen) atoms. The van der Waals surface area contributed by atoms with Crippen LogP contribution in [0.5, 0.6) is 0 Å². The normalized spacial score (nSPS) is 23.6. The molecule has 7 heteroatoms. The third-order valence-electron chi connectivity index (χ3n) is 3.32. The van der Waals surface area contributed by atoms with Crippen molar-refractivity contribution in [3.8, 4) is 0 Å². The molecule has 0 radical (unpaired) electrons. The Balaban J connectivity index is 2.02. The molecule has 2 atom stereocenters. The zero-order chi connectivity index (χ0) is 14.0. The van der Waals surface area contributed by atoms with E-state index < -0.39 is 12.0 Å². The Labute approximate surface area is 114 Å². The number of alkyl halides is 3. The van der Waals surface area contributed by atoms with Crippen molar-refractivity contribution in [2.24, 2.45) is 11.8 Å². The van der Waals surface area contributed by atoms with Gasteiger partial charge in [0.2, 0.25) is 5.82 Å². The molecule has 1 aromatic heterocycles. The lowest BCUT2D eigenvalue weighted by atomic mass is 10.1. The molecular weight excluding hydrogens is 279 g/mol. The van der Waals surface area contributed by atoms with Crippen LogP contribution in [0.4, 0.5) is 19.0 Å². The molecule has 0 amide bonds. The molecule has 1 heterocycles. The third kappa shape index (κ3) is 3.96. The summed E-state index contributed by atoms with van der Waals surface area (Å²) in [5.74, 6) is 0.0961. The van der Waals surface area contributed by atoms with Crippen molar-refractivity contribution in [1.82, 2.24) is 9.97 Å². The number of halogens is 4. The first-order valence-electron chi connectivity index (χ1n) is 6.20. The minimum Gasteiger partial charge on any atom is -0.370 e. The van der Waals surface area contributed by atoms with Crippen LogP contribution in [0, 0.1) is 11.8 Å². The van der Waals surface area contributed by atoms with Gasteiger partial charge >= 0.3 is 6.18 Å². The number of hydrogen-bond donors (Lipinski definition) is 1. The summed E-state index contributed by atoms with van der Waals surface area (Å²) in [6.45, 7) is 2.80. The summed E-state index contributed by atoms with van der Waals surface area (Å²) in [5.41, 5.74) is 0. The van der Waals surface area contributed by atoms with E-state index in [0.717, 1.165) is 12.8 Å². The van der Waals surface area contributed by atoms with Gasteiger partial charge in [-0.1, -0.05) is 24.9 Å². The van der Waals surface area contributed by atoms with Crippen LogP contribution in [0.3, 0.4) is 0 Å². The zero-order valence-corrected chi connectivity index (χ0v) is 11.2. The Morgan fingerprint density at radius 1 is 1.37 bits per heavy atom. The van der Waals surface area contributed by atoms with Gasteiger partial charge in [0, 0.05) is 12.6 Å². The first-order chi connectivity index (χ1) is 8.84. The van der Waals surface area contributed by atoms with E-state index in [0.29, 0.717) is 18.4 Å². The molecule has 0 spiro atoms. The molecule has 0 aliphatic heterocycles. The van der Waals surface area contributed by atoms with Crippen LogP contribution in [-0.4, -0.2) is 16.5 Å². The van der Waals surface area contributed by atoms with Gasteiger partial charge < -0.3 is 5.32 Å². The predicted octanol–water partition coefficient (Wildman–Crippen LogP) is 4.00. The monoisotopic (exact) mass is 293 g/mol. The van der Waals surface area contributed by atoms with Gasteiger partial charge in [-0.25, -0.2) is 9.97 Å². The summed E-state index contributed by atoms with van der Waals surface area (Å²) in [6, 6.07) is 1.31. The number of hydrogen-bond acceptors (Lipinski definition) is 3. The maximum absolute atomic E-state index is 12.5. The molecule has 106 valence electrons. The van der Waals surface area contributed by atoms with E-state index >= 15 is 0 Å². The molecular formula is C12H15ClF3N3. The Morgan fingerprint density at radius 3 is 2.68 bits per heavy atom. The van der Waals surface area contributed by atoms with Crippen molar-refractivity contribution in [3.05, 3.63) is 17.0 Å². The summed E-state index contributed by atoms with van der Waals surface area (Å²) in [6.07, 6.45) is -1.22. The smallest absolute Gasteiger partial charge is 0.370 e. The zero-order valence-electron chi connectivity index (χ0n) is 10.5. The van der Waals surface area contributed by atoms with Gasteiger partial charge in [0.1, 0.15) is 11.0 Å². The summed E-state index contributed by atoms with van der Waals surface area (Å²) in [5, 5.41) is 2.72. The van der Waals surface area contributed by atoms with Crippen molar-refractivity contribution in [2.45, 2.75) is 32.4 Å². The van der Waals surface area contributed by atoms with Crippen LogP contribution in [0.25, 0.3) is 0 Å². The van der Waals surface area contributed by atoms with E-state index in [-0.39, 0.29) is 11.0 Å². The van der Waals surface area contributed by atoms with Gasteiger partial charge in [0.05, 0.1) is 0 Å². The van der Waals surface area contributed by atoms with Crippen LogP contribution >= 0.6 is 11.6 Å². The van der Waals surface area contributed by atoms with E-state index in [1.54, 1.807) is 0 Å². The van der Waals surface area contributed by atoms with Gasteiger partial charge in [0.25, 0.3) is 0 Å². The number of rotatable bonds is 3. The molecule has 0 aromatic carbocycles. The fourth-order valence-electron chi connectivity index (χ4n) is 2.39. The second-order valence-electron chi connectivity index (χ2n) is 5.06. The summed E-state index contributed by atoms with van der Waals surface area (Å²) < 4.78 is 37.6. The SMILES string of the molecule is CC1CCC(CNc2cc(Cl)nc(C(F)(F)F)n2)C1. The fourth-order valence-corrected chi connectivity index (χ4v) is 2.58. The first-order valence-corrected chi connectivity index (χ1v) is 6.58. The van der Waals surface area contributed by atoms with Gasteiger partial charge in [-0.2, -0.15) is 13.2 Å². The van der Waals surface area contributed by atoms with Gasteiger partial charge in [-0.3, -0.25) is 0 Å². The van der Waals surface area contributed by atoms with Gasteiger partial charge in [0.15, 0.2) is 0 Å². The summed E-state index contributed by atoms with van der Waals surface area (Å²) >= 11 is 5.58. The van der Waals surface area contributed by atoms with E-state index in [9.17, 15) is 13.2 Å². The molecule has 2 unspecified atom stereocenters. The highest BCUT2D eigenvalue weighted by atomic mass is 35.5. The molecule has 0 bridgehead atoms. The number of nitrogens with zero attached hydrogens (tertiary/aromatic N) is 2. The van der Waals surface area contributed by atoms with E-state index in [4.69, 9.17) is 11.6 Å². The van der Waals surface area contributed by atoms with Crippen molar-refractivity contribution < 1.29 is 13.2 Å². The molecule has 1 saturated carbocycles. The predicted molar refractivity (Wildman–Crippen MR) is 67.0 cm³/mol. The largest absolute Gasteiger partial charge is 0.451 e. The highest BCUT2D eigenvalue weighted by Crippen LogP contribution is 2.31. The van der Waals surface area contributed by atoms with Crippen LogP contribution in [0.15, 0.2) is 6.07 Å². The lowest BCUT2D eigenvalue weighted by molar-refractivity contribution is -0.144. The Bertz CT molecular complexity index is 450. The van der Waals surface area contributed by atoms with E-state index in [2.05, 4.69) is 22.2 Å². The van der Waals surface area contributed by atoms with E-state index in [1.807, 2.05) is 0 Å². The standard InChI is InChI=1S/C12H15ClF3N3/c1-7-2-3-8(4-7)6-17-10-5-9(13)18-11(19-10)12(14,15)16/h5,7-8H,2-4,6H2,1H3,(H,17,18,19). The average Bonchev–Trinajstić information content (AvgIpc) is 2.71. The quantitative estimate of drug-likeness (QED) is 0.856. The van der Waals surface area contributed by atoms with Crippen LogP contribution in [-0.2, 0) is 6.18 Å². The minimum atomic E-state index is -4.58. The molecule has 3 nitrogen and oxygen atoms in total. The lowest BCUT2D eigenvalue weighted by Crippen LogP contribution is -2.16. The number of anilines is 1. The number of aromatic nitrogens is 2. The van der Waals surface area contributed by atoms with Gasteiger partial charge in [-0.05, 0) is 24.7 Å². The topological polar surface area (TPSA) is 37.8 Å². The van der Waals surface area contributed by atoms with E-state index in [1.165, 1.54) is 12.5 Å². The summed E-state index contributed by atoms with van der Waals surface area (Å²) in [4.78, 5) is 6.64. The van der Waals surface area contributed by atoms with Crippen molar-refractivity contribution in [1.29, 1.82) is 0 Å². The third-order valence-corrected chi connectivity index (χ3v) is 3.52. The Kier molecular flexibility index (Phi) is 4.18. The first kappa shape index (κ1) is 14.4. The molecule has 0 saturated heterocycles. The van der Waals surface area contributed by atoms with Crippen LogP contribution in [0.2, 0.25) is 5.15 Å². The van der Waals surface area contributed by atoms with Crippen LogP contribution in [0.1, 0.15) is 32.0 Å². The Hall–Kier alpha value is -1.04. The highest BCUT2D eigenvalue weighted by Gasteiger charge is 2.35. The van der Waals surface area contributed by atoms with Crippen molar-refractivity contribution in [2.75, 3.05) is 11.9 Å². The van der Waals surface area contributed by atoms with Crippen molar-refractivity contribution >= 4 is 17.4 Å². The average molecular weight is 294 g/mol. The van der Waals surface area contributed by atoms with Crippen molar-refractivity contribution in [3.63, 3.8) is 0 Å². The Morgan fingerprint density at radius 2 is 2.11 bits per heavy atom. The van der Waals surface area contributed by atoms with Crippen LogP contribution < -0.4 is 5.32 Å². The van der Waals surface area contributed by atoms with Gasteiger partial charge in [-0.15, -0.1) is 0 Å². The second-order valence-corrected chi connectivity index (χ2v) is 5.45. The number of nitrogens with one attached hydrogen (secondary N) is 1. The maximum Gasteiger partial charge on any atom is 0.451 e. The molecule has 1 N–H and O–H groups in total. The summed E-state index contributed by atoms with van der Waals surface area (Å²) in [7, 11) is 0. The molecule has 1 aliphatic carbocycles. The highest BCUT2D eigenvalue weighted by molar-refractivity contribution is 6.29. The second kappa shape index (κ2) is 5.53. The molecule has 1 aliphatic rings.